The first-order chi connectivity index (χ1) is 7.22. The van der Waals surface area contributed by atoms with Crippen LogP contribution in [-0.4, -0.2) is 20.8 Å². The third-order valence-corrected chi connectivity index (χ3v) is 2.15. The predicted molar refractivity (Wildman–Crippen MR) is 52.6 cm³/mol. The molecule has 0 aliphatic carbocycles. The Morgan fingerprint density at radius 1 is 1.67 bits per heavy atom. The largest absolute Gasteiger partial charge is 0.476 e. The van der Waals surface area contributed by atoms with Crippen molar-refractivity contribution in [3.8, 4) is 11.5 Å². The van der Waals surface area contributed by atoms with Gasteiger partial charge in [0.25, 0.3) is 0 Å². The highest BCUT2D eigenvalue weighted by Crippen LogP contribution is 2.20. The summed E-state index contributed by atoms with van der Waals surface area (Å²) in [7, 11) is 0. The number of carboxylic acid groups (broad SMARTS) is 1. The molecule has 1 N–H and O–H groups in total. The monoisotopic (exact) mass is 206 g/mol. The molecule has 0 amide bonds. The minimum atomic E-state index is -1.08. The highest BCUT2D eigenvalue weighted by atomic mass is 16.5. The van der Waals surface area contributed by atoms with Crippen molar-refractivity contribution in [1.29, 1.82) is 0 Å². The van der Waals surface area contributed by atoms with Gasteiger partial charge >= 0.3 is 5.97 Å². The molecule has 5 nitrogen and oxygen atoms in total. The Morgan fingerprint density at radius 2 is 2.47 bits per heavy atom. The molecule has 0 aromatic carbocycles. The average Bonchev–Trinajstić information content (AvgIpc) is 2.85. The molecule has 15 heavy (non-hydrogen) atoms. The number of aromatic nitrogens is 2. The molecular weight excluding hydrogens is 196 g/mol. The van der Waals surface area contributed by atoms with Crippen LogP contribution in [0.1, 0.15) is 17.4 Å². The Kier molecular flexibility index (Phi) is 2.29. The van der Waals surface area contributed by atoms with Gasteiger partial charge in [0.1, 0.15) is 0 Å². The normalized spacial score (nSPS) is 10.5. The summed E-state index contributed by atoms with van der Waals surface area (Å²) < 4.78 is 6.91. The predicted octanol–water partition coefficient (Wildman–Crippen LogP) is 1.86. The van der Waals surface area contributed by atoms with E-state index in [1.165, 1.54) is 6.07 Å². The summed E-state index contributed by atoms with van der Waals surface area (Å²) in [5.41, 5.74) is 0.756. The van der Waals surface area contributed by atoms with E-state index in [0.29, 0.717) is 5.76 Å². The quantitative estimate of drug-likeness (QED) is 0.832. The van der Waals surface area contributed by atoms with Gasteiger partial charge in [0.15, 0.2) is 11.5 Å². The summed E-state index contributed by atoms with van der Waals surface area (Å²) >= 11 is 0. The molecule has 0 spiro atoms. The van der Waals surface area contributed by atoms with Gasteiger partial charge in [-0.3, -0.25) is 0 Å². The molecule has 0 saturated heterocycles. The molecule has 78 valence electrons. The summed E-state index contributed by atoms with van der Waals surface area (Å²) in [6.45, 7) is 2.80. The van der Waals surface area contributed by atoms with Crippen LogP contribution in [0.4, 0.5) is 0 Å². The van der Waals surface area contributed by atoms with Crippen molar-refractivity contribution in [2.75, 3.05) is 0 Å². The van der Waals surface area contributed by atoms with E-state index in [-0.39, 0.29) is 5.69 Å². The Hall–Kier alpha value is -2.04. The minimum absolute atomic E-state index is 0.0751. The summed E-state index contributed by atoms with van der Waals surface area (Å²) in [6, 6.07) is 5.15. The molecule has 0 bridgehead atoms. The van der Waals surface area contributed by atoms with Crippen LogP contribution >= 0.6 is 0 Å². The van der Waals surface area contributed by atoms with Crippen LogP contribution in [-0.2, 0) is 6.54 Å². The number of nitrogens with zero attached hydrogens (tertiary/aromatic N) is 2. The zero-order chi connectivity index (χ0) is 10.8. The summed E-state index contributed by atoms with van der Waals surface area (Å²) in [4.78, 5) is 10.6. The van der Waals surface area contributed by atoms with Crippen molar-refractivity contribution in [3.63, 3.8) is 0 Å². The van der Waals surface area contributed by atoms with Gasteiger partial charge in [-0.2, -0.15) is 0 Å². The van der Waals surface area contributed by atoms with Crippen molar-refractivity contribution in [2.24, 2.45) is 0 Å². The van der Waals surface area contributed by atoms with E-state index in [9.17, 15) is 4.79 Å². The lowest BCUT2D eigenvalue weighted by Crippen LogP contribution is -1.95. The zero-order valence-corrected chi connectivity index (χ0v) is 8.17. The first-order valence-corrected chi connectivity index (χ1v) is 4.58. The van der Waals surface area contributed by atoms with E-state index in [1.54, 1.807) is 0 Å². The summed E-state index contributed by atoms with van der Waals surface area (Å²) in [6.07, 6.45) is 1.90. The molecule has 2 aromatic heterocycles. The van der Waals surface area contributed by atoms with Crippen molar-refractivity contribution in [3.05, 3.63) is 30.1 Å². The van der Waals surface area contributed by atoms with Crippen LogP contribution < -0.4 is 0 Å². The van der Waals surface area contributed by atoms with Crippen LogP contribution in [0.3, 0.4) is 0 Å². The number of carboxylic acids is 1. The molecular formula is C10H10N2O3. The smallest absolute Gasteiger partial charge is 0.358 e. The SMILES string of the molecule is CCn1cccc1-c1cc(C(=O)O)no1. The maximum Gasteiger partial charge on any atom is 0.358 e. The second kappa shape index (κ2) is 3.61. The Morgan fingerprint density at radius 3 is 3.07 bits per heavy atom. The van der Waals surface area contributed by atoms with E-state index in [2.05, 4.69) is 5.16 Å². The Bertz CT molecular complexity index is 484. The lowest BCUT2D eigenvalue weighted by Gasteiger charge is -2.00. The van der Waals surface area contributed by atoms with Crippen molar-refractivity contribution in [1.82, 2.24) is 9.72 Å². The van der Waals surface area contributed by atoms with Crippen molar-refractivity contribution < 1.29 is 14.4 Å². The van der Waals surface area contributed by atoms with Gasteiger partial charge in [-0.25, -0.2) is 4.79 Å². The topological polar surface area (TPSA) is 68.3 Å². The minimum Gasteiger partial charge on any atom is -0.476 e. The van der Waals surface area contributed by atoms with Crippen molar-refractivity contribution >= 4 is 5.97 Å². The Labute approximate surface area is 85.9 Å². The molecule has 0 saturated carbocycles. The van der Waals surface area contributed by atoms with Gasteiger partial charge < -0.3 is 14.2 Å². The van der Waals surface area contributed by atoms with Gasteiger partial charge in [-0.1, -0.05) is 5.16 Å². The van der Waals surface area contributed by atoms with Gasteiger partial charge in [0.05, 0.1) is 5.69 Å². The maximum absolute atomic E-state index is 10.6. The Balaban J connectivity index is 2.41. The molecule has 0 unspecified atom stereocenters. The third-order valence-electron chi connectivity index (χ3n) is 2.15. The van der Waals surface area contributed by atoms with Crippen LogP contribution in [0.5, 0.6) is 0 Å². The van der Waals surface area contributed by atoms with E-state index < -0.39 is 5.97 Å². The molecule has 0 aliphatic heterocycles. The highest BCUT2D eigenvalue weighted by molar-refractivity contribution is 5.86. The van der Waals surface area contributed by atoms with E-state index in [4.69, 9.17) is 9.63 Å². The zero-order valence-electron chi connectivity index (χ0n) is 8.17. The summed E-state index contributed by atoms with van der Waals surface area (Å²) in [5.74, 6) is -0.612. The van der Waals surface area contributed by atoms with Gasteiger partial charge in [0.2, 0.25) is 0 Å². The number of hydrogen-bond acceptors (Lipinski definition) is 3. The van der Waals surface area contributed by atoms with Crippen LogP contribution in [0.25, 0.3) is 11.5 Å². The number of aromatic carboxylic acids is 1. The standard InChI is InChI=1S/C10H10N2O3/c1-2-12-5-3-4-8(12)9-6-7(10(13)14)11-15-9/h3-6H,2H2,1H3,(H,13,14). The molecule has 2 heterocycles. The molecule has 0 fully saturated rings. The van der Waals surface area contributed by atoms with Crippen LogP contribution in [0.15, 0.2) is 28.9 Å². The first kappa shape index (κ1) is 9.51. The molecule has 2 rings (SSSR count). The van der Waals surface area contributed by atoms with Crippen molar-refractivity contribution in [2.45, 2.75) is 13.5 Å². The molecule has 2 aromatic rings. The second-order valence-electron chi connectivity index (χ2n) is 3.06. The molecule has 5 heteroatoms. The van der Waals surface area contributed by atoms with Gasteiger partial charge in [-0.15, -0.1) is 0 Å². The average molecular weight is 206 g/mol. The van der Waals surface area contributed by atoms with E-state index in [1.807, 2.05) is 29.8 Å². The lowest BCUT2D eigenvalue weighted by molar-refractivity contribution is 0.0686. The number of aryl methyl sites for hydroxylation is 1. The van der Waals surface area contributed by atoms with E-state index in [0.717, 1.165) is 12.2 Å². The first-order valence-electron chi connectivity index (χ1n) is 4.58. The number of carbonyl (C=O) groups is 1. The van der Waals surface area contributed by atoms with Gasteiger partial charge in [0, 0.05) is 18.8 Å². The number of hydrogen-bond donors (Lipinski definition) is 1. The molecule has 0 aliphatic rings. The third kappa shape index (κ3) is 1.63. The number of rotatable bonds is 3. The van der Waals surface area contributed by atoms with E-state index >= 15 is 0 Å². The fraction of sp³-hybridized carbons (Fsp3) is 0.200. The lowest BCUT2D eigenvalue weighted by atomic mass is 10.3. The maximum atomic E-state index is 10.6. The fourth-order valence-electron chi connectivity index (χ4n) is 1.41. The van der Waals surface area contributed by atoms with Crippen LogP contribution in [0, 0.1) is 0 Å². The summed E-state index contributed by atoms with van der Waals surface area (Å²) in [5, 5.41) is 12.2. The molecule has 0 radical (unpaired) electrons. The molecule has 0 atom stereocenters. The highest BCUT2D eigenvalue weighted by Gasteiger charge is 2.13. The fourth-order valence-corrected chi connectivity index (χ4v) is 1.41. The van der Waals surface area contributed by atoms with Gasteiger partial charge in [-0.05, 0) is 19.1 Å². The second-order valence-corrected chi connectivity index (χ2v) is 3.06. The van der Waals surface area contributed by atoms with Crippen LogP contribution in [0.2, 0.25) is 0 Å².